The molecule has 2 atom stereocenters. The molecule has 0 spiro atoms. The molecule has 104 valence electrons. The summed E-state index contributed by atoms with van der Waals surface area (Å²) in [6.07, 6.45) is 8.46. The average molecular weight is 279 g/mol. The highest BCUT2D eigenvalue weighted by atomic mass is 32.1. The van der Waals surface area contributed by atoms with E-state index in [2.05, 4.69) is 6.92 Å². The molecule has 0 saturated heterocycles. The zero-order chi connectivity index (χ0) is 13.4. The summed E-state index contributed by atoms with van der Waals surface area (Å²) < 4.78 is 0. The van der Waals surface area contributed by atoms with Gasteiger partial charge < -0.3 is 5.11 Å². The highest BCUT2D eigenvalue weighted by molar-refractivity contribution is 7.13. The van der Waals surface area contributed by atoms with Gasteiger partial charge in [0.05, 0.1) is 10.7 Å². The Hall–Kier alpha value is -0.900. The largest absolute Gasteiger partial charge is 0.477 e. The van der Waals surface area contributed by atoms with Crippen LogP contribution in [0.5, 0.6) is 0 Å². The van der Waals surface area contributed by atoms with Crippen LogP contribution in [0.4, 0.5) is 0 Å². The van der Waals surface area contributed by atoms with E-state index >= 15 is 0 Å². The Labute approximate surface area is 118 Å². The van der Waals surface area contributed by atoms with E-state index < -0.39 is 5.97 Å². The van der Waals surface area contributed by atoms with Crippen LogP contribution >= 0.6 is 11.3 Å². The molecule has 1 N–H and O–H groups in total. The molecule has 3 rings (SSSR count). The Morgan fingerprint density at radius 1 is 1.32 bits per heavy atom. The lowest BCUT2D eigenvalue weighted by Crippen LogP contribution is -2.13. The fourth-order valence-electron chi connectivity index (χ4n) is 3.20. The van der Waals surface area contributed by atoms with Gasteiger partial charge in [-0.15, -0.1) is 11.3 Å². The van der Waals surface area contributed by atoms with Gasteiger partial charge in [-0.1, -0.05) is 26.2 Å². The molecule has 19 heavy (non-hydrogen) atoms. The van der Waals surface area contributed by atoms with E-state index in [0.29, 0.717) is 16.7 Å². The van der Waals surface area contributed by atoms with E-state index in [1.54, 1.807) is 0 Å². The molecule has 0 bridgehead atoms. The maximum Gasteiger partial charge on any atom is 0.347 e. The molecule has 1 aromatic heterocycles. The lowest BCUT2D eigenvalue weighted by atomic mass is 9.80. The Morgan fingerprint density at radius 2 is 2.11 bits per heavy atom. The normalized spacial score (nSPS) is 27.4. The standard InChI is InChI=1S/C15H21NO2S/c1-2-9-4-3-5-11(8-9)14-16-12(10-6-7-10)13(19-14)15(17)18/h9-11H,2-8H2,1H3,(H,17,18). The van der Waals surface area contributed by atoms with Crippen LogP contribution in [0.2, 0.25) is 0 Å². The molecule has 0 radical (unpaired) electrons. The van der Waals surface area contributed by atoms with Crippen molar-refractivity contribution in [3.05, 3.63) is 15.6 Å². The molecule has 2 aliphatic carbocycles. The minimum Gasteiger partial charge on any atom is -0.477 e. The third-order valence-corrected chi connectivity index (χ3v) is 5.76. The summed E-state index contributed by atoms with van der Waals surface area (Å²) in [7, 11) is 0. The van der Waals surface area contributed by atoms with Crippen LogP contribution in [0.15, 0.2) is 0 Å². The van der Waals surface area contributed by atoms with E-state index in [-0.39, 0.29) is 0 Å². The quantitative estimate of drug-likeness (QED) is 0.888. The fraction of sp³-hybridized carbons (Fsp3) is 0.733. The van der Waals surface area contributed by atoms with Gasteiger partial charge in [0.1, 0.15) is 4.88 Å². The topological polar surface area (TPSA) is 50.2 Å². The summed E-state index contributed by atoms with van der Waals surface area (Å²) in [6.45, 7) is 2.26. The maximum absolute atomic E-state index is 11.3. The van der Waals surface area contributed by atoms with Crippen molar-refractivity contribution >= 4 is 17.3 Å². The molecule has 0 aliphatic heterocycles. The Morgan fingerprint density at radius 3 is 2.74 bits per heavy atom. The fourth-order valence-corrected chi connectivity index (χ4v) is 4.33. The van der Waals surface area contributed by atoms with Crippen molar-refractivity contribution < 1.29 is 9.90 Å². The Kier molecular flexibility index (Phi) is 3.61. The van der Waals surface area contributed by atoms with Crippen LogP contribution in [0, 0.1) is 5.92 Å². The number of aromatic carboxylic acids is 1. The molecular formula is C15H21NO2S. The molecule has 2 saturated carbocycles. The van der Waals surface area contributed by atoms with E-state index in [1.807, 2.05) is 0 Å². The van der Waals surface area contributed by atoms with Gasteiger partial charge >= 0.3 is 5.97 Å². The van der Waals surface area contributed by atoms with Gasteiger partial charge in [-0.3, -0.25) is 0 Å². The van der Waals surface area contributed by atoms with Gasteiger partial charge in [-0.2, -0.15) is 0 Å². The van der Waals surface area contributed by atoms with Gasteiger partial charge in [0.15, 0.2) is 0 Å². The van der Waals surface area contributed by atoms with Crippen LogP contribution < -0.4 is 0 Å². The second kappa shape index (κ2) is 5.23. The van der Waals surface area contributed by atoms with Crippen molar-refractivity contribution in [2.45, 2.75) is 63.7 Å². The first kappa shape index (κ1) is 13.1. The third-order valence-electron chi connectivity index (χ3n) is 4.54. The maximum atomic E-state index is 11.3. The van der Waals surface area contributed by atoms with Crippen molar-refractivity contribution in [3.8, 4) is 0 Å². The molecule has 1 heterocycles. The van der Waals surface area contributed by atoms with Crippen molar-refractivity contribution in [3.63, 3.8) is 0 Å². The molecule has 2 aliphatic rings. The van der Waals surface area contributed by atoms with E-state index in [4.69, 9.17) is 4.98 Å². The molecule has 2 unspecified atom stereocenters. The summed E-state index contributed by atoms with van der Waals surface area (Å²) >= 11 is 1.44. The van der Waals surface area contributed by atoms with Crippen LogP contribution in [0.25, 0.3) is 0 Å². The van der Waals surface area contributed by atoms with Crippen molar-refractivity contribution in [2.24, 2.45) is 5.92 Å². The molecular weight excluding hydrogens is 258 g/mol. The number of carboxylic acid groups (broad SMARTS) is 1. The highest BCUT2D eigenvalue weighted by Gasteiger charge is 2.34. The first-order valence-corrected chi connectivity index (χ1v) is 8.24. The second-order valence-corrected chi connectivity index (χ2v) is 7.01. The number of thiazole rings is 1. The molecule has 0 amide bonds. The Bertz CT molecular complexity index is 478. The average Bonchev–Trinajstić information content (AvgIpc) is 3.17. The van der Waals surface area contributed by atoms with Crippen molar-refractivity contribution in [2.75, 3.05) is 0 Å². The molecule has 2 fully saturated rings. The highest BCUT2D eigenvalue weighted by Crippen LogP contribution is 2.46. The van der Waals surface area contributed by atoms with Gasteiger partial charge in [-0.25, -0.2) is 9.78 Å². The van der Waals surface area contributed by atoms with E-state index in [9.17, 15) is 9.90 Å². The number of carbonyl (C=O) groups is 1. The van der Waals surface area contributed by atoms with E-state index in [1.165, 1.54) is 43.4 Å². The van der Waals surface area contributed by atoms with Crippen LogP contribution in [-0.2, 0) is 0 Å². The number of hydrogen-bond donors (Lipinski definition) is 1. The summed E-state index contributed by atoms with van der Waals surface area (Å²) in [5, 5.41) is 10.4. The summed E-state index contributed by atoms with van der Waals surface area (Å²) in [5.74, 6) is 0.963. The monoisotopic (exact) mass is 279 g/mol. The Balaban J connectivity index is 1.84. The smallest absolute Gasteiger partial charge is 0.347 e. The van der Waals surface area contributed by atoms with Gasteiger partial charge in [0.25, 0.3) is 0 Å². The van der Waals surface area contributed by atoms with Gasteiger partial charge in [-0.05, 0) is 31.6 Å². The molecule has 4 heteroatoms. The predicted octanol–water partition coefficient (Wildman–Crippen LogP) is 4.40. The summed E-state index contributed by atoms with van der Waals surface area (Å²) in [4.78, 5) is 16.6. The van der Waals surface area contributed by atoms with Crippen LogP contribution in [0.3, 0.4) is 0 Å². The van der Waals surface area contributed by atoms with Crippen molar-refractivity contribution in [1.29, 1.82) is 0 Å². The van der Waals surface area contributed by atoms with Gasteiger partial charge in [0.2, 0.25) is 0 Å². The first-order valence-electron chi connectivity index (χ1n) is 7.43. The molecule has 3 nitrogen and oxygen atoms in total. The minimum atomic E-state index is -0.784. The summed E-state index contributed by atoms with van der Waals surface area (Å²) in [6, 6.07) is 0. The van der Waals surface area contributed by atoms with Crippen LogP contribution in [-0.4, -0.2) is 16.1 Å². The molecule has 1 aromatic rings. The van der Waals surface area contributed by atoms with Crippen LogP contribution in [0.1, 0.15) is 84.1 Å². The van der Waals surface area contributed by atoms with E-state index in [0.717, 1.165) is 29.5 Å². The molecule has 0 aromatic carbocycles. The SMILES string of the molecule is CCC1CCCC(c2nc(C3CC3)c(C(=O)O)s2)C1. The number of aromatic nitrogens is 1. The third kappa shape index (κ3) is 2.69. The zero-order valence-corrected chi connectivity index (χ0v) is 12.2. The first-order chi connectivity index (χ1) is 9.19. The zero-order valence-electron chi connectivity index (χ0n) is 11.4. The number of nitrogens with zero attached hydrogens (tertiary/aromatic N) is 1. The summed E-state index contributed by atoms with van der Waals surface area (Å²) in [5.41, 5.74) is 0.881. The number of carboxylic acids is 1. The lowest BCUT2D eigenvalue weighted by Gasteiger charge is -2.26. The number of hydrogen-bond acceptors (Lipinski definition) is 3. The van der Waals surface area contributed by atoms with Crippen molar-refractivity contribution in [1.82, 2.24) is 4.98 Å². The van der Waals surface area contributed by atoms with Gasteiger partial charge in [0, 0.05) is 11.8 Å². The number of rotatable bonds is 4. The lowest BCUT2D eigenvalue weighted by molar-refractivity contribution is 0.0700. The second-order valence-electron chi connectivity index (χ2n) is 5.98. The predicted molar refractivity (Wildman–Crippen MR) is 76.0 cm³/mol. The minimum absolute atomic E-state index is 0.432.